The summed E-state index contributed by atoms with van der Waals surface area (Å²) in [5.74, 6) is 0.439. The molecule has 2 aromatic rings. The molecule has 0 bridgehead atoms. The van der Waals surface area contributed by atoms with E-state index in [2.05, 4.69) is 9.88 Å². The largest absolute Gasteiger partial charge is 0.506 e. The summed E-state index contributed by atoms with van der Waals surface area (Å²) < 4.78 is 31.1. The van der Waals surface area contributed by atoms with E-state index in [4.69, 9.17) is 10.3 Å². The smallest absolute Gasteiger partial charge is 0.241 e. The van der Waals surface area contributed by atoms with Crippen molar-refractivity contribution < 1.29 is 18.0 Å². The van der Waals surface area contributed by atoms with Crippen LogP contribution < -0.4 is 10.5 Å². The average Bonchev–Trinajstić information content (AvgIpc) is 2.76. The van der Waals surface area contributed by atoms with Crippen LogP contribution in [0.1, 0.15) is 11.5 Å². The minimum atomic E-state index is -3.71. The van der Waals surface area contributed by atoms with E-state index in [0.717, 1.165) is 0 Å². The predicted molar refractivity (Wildman–Crippen MR) is 67.8 cm³/mol. The van der Waals surface area contributed by atoms with Crippen LogP contribution in [0, 0.1) is 6.92 Å². The molecule has 0 saturated heterocycles. The first-order valence-electron chi connectivity index (χ1n) is 5.39. The summed E-state index contributed by atoms with van der Waals surface area (Å²) in [6.45, 7) is 1.73. The number of phenolic OH excluding ortho intramolecular Hbond substituents is 1. The molecule has 4 N–H and O–H groups in total. The highest BCUT2D eigenvalue weighted by Gasteiger charge is 2.16. The number of phenols is 1. The van der Waals surface area contributed by atoms with Crippen LogP contribution in [0.2, 0.25) is 0 Å². The molecule has 0 spiro atoms. The Morgan fingerprint density at radius 2 is 2.16 bits per heavy atom. The van der Waals surface area contributed by atoms with Crippen LogP contribution in [0.4, 0.5) is 5.69 Å². The zero-order chi connectivity index (χ0) is 14.0. The Morgan fingerprint density at radius 3 is 2.74 bits per heavy atom. The number of nitrogens with one attached hydrogen (secondary N) is 1. The molecule has 102 valence electrons. The second kappa shape index (κ2) is 4.90. The molecule has 0 amide bonds. The second-order valence-corrected chi connectivity index (χ2v) is 5.74. The molecule has 0 atom stereocenters. The molecule has 19 heavy (non-hydrogen) atoms. The Kier molecular flexibility index (Phi) is 3.45. The lowest BCUT2D eigenvalue weighted by Crippen LogP contribution is -2.23. The Labute approximate surface area is 110 Å². The maximum absolute atomic E-state index is 12.0. The number of rotatable bonds is 4. The minimum absolute atomic E-state index is 0.000144. The average molecular weight is 283 g/mol. The van der Waals surface area contributed by atoms with Gasteiger partial charge in [-0.2, -0.15) is 0 Å². The van der Waals surface area contributed by atoms with Crippen molar-refractivity contribution in [2.45, 2.75) is 18.4 Å². The highest BCUT2D eigenvalue weighted by molar-refractivity contribution is 7.89. The van der Waals surface area contributed by atoms with Gasteiger partial charge >= 0.3 is 0 Å². The molecule has 1 aromatic heterocycles. The molecule has 0 aliphatic heterocycles. The van der Waals surface area contributed by atoms with Crippen LogP contribution in [0.25, 0.3) is 0 Å². The van der Waals surface area contributed by atoms with Crippen LogP contribution >= 0.6 is 0 Å². The van der Waals surface area contributed by atoms with Crippen molar-refractivity contribution in [3.05, 3.63) is 35.7 Å². The summed E-state index contributed by atoms with van der Waals surface area (Å²) in [4.78, 5) is -0.0250. The lowest BCUT2D eigenvalue weighted by atomic mass is 10.3. The summed E-state index contributed by atoms with van der Waals surface area (Å²) in [6, 6.07) is 5.31. The molecule has 2 rings (SSSR count). The Balaban J connectivity index is 2.16. The van der Waals surface area contributed by atoms with Gasteiger partial charge < -0.3 is 15.4 Å². The molecule has 0 fully saturated rings. The first kappa shape index (κ1) is 13.4. The molecule has 0 saturated carbocycles. The van der Waals surface area contributed by atoms with Gasteiger partial charge in [0, 0.05) is 6.07 Å². The third-order valence-electron chi connectivity index (χ3n) is 2.43. The first-order valence-corrected chi connectivity index (χ1v) is 6.87. The van der Waals surface area contributed by atoms with E-state index in [9.17, 15) is 13.5 Å². The van der Waals surface area contributed by atoms with Gasteiger partial charge in [-0.25, -0.2) is 13.1 Å². The van der Waals surface area contributed by atoms with E-state index in [0.29, 0.717) is 11.5 Å². The van der Waals surface area contributed by atoms with E-state index in [1.165, 1.54) is 18.2 Å². The lowest BCUT2D eigenvalue weighted by molar-refractivity contribution is 0.390. The topological polar surface area (TPSA) is 118 Å². The molecule has 0 unspecified atom stereocenters. The molecule has 8 heteroatoms. The Bertz CT molecular complexity index is 694. The maximum atomic E-state index is 12.0. The number of nitrogens with zero attached hydrogens (tertiary/aromatic N) is 1. The Morgan fingerprint density at radius 1 is 1.42 bits per heavy atom. The van der Waals surface area contributed by atoms with Gasteiger partial charge in [0.05, 0.1) is 22.8 Å². The number of aromatic nitrogens is 1. The number of nitrogens with two attached hydrogens (primary N) is 1. The van der Waals surface area contributed by atoms with Gasteiger partial charge in [-0.1, -0.05) is 5.16 Å². The van der Waals surface area contributed by atoms with Crippen molar-refractivity contribution in [1.29, 1.82) is 0 Å². The minimum Gasteiger partial charge on any atom is -0.506 e. The number of nitrogen functional groups attached to an aromatic ring is 1. The van der Waals surface area contributed by atoms with E-state index in [-0.39, 0.29) is 22.9 Å². The molecule has 7 nitrogen and oxygen atoms in total. The standard InChI is InChI=1S/C11H13N3O4S/c1-7-4-8(14-18-7)6-13-19(16,17)9-2-3-11(15)10(12)5-9/h2-5,13,15H,6,12H2,1H3. The van der Waals surface area contributed by atoms with Crippen molar-refractivity contribution in [3.8, 4) is 5.75 Å². The molecular formula is C11H13N3O4S. The lowest BCUT2D eigenvalue weighted by Gasteiger charge is -2.06. The van der Waals surface area contributed by atoms with Gasteiger partial charge in [0.25, 0.3) is 0 Å². The van der Waals surface area contributed by atoms with Crippen molar-refractivity contribution in [1.82, 2.24) is 9.88 Å². The van der Waals surface area contributed by atoms with Gasteiger partial charge in [0.1, 0.15) is 11.5 Å². The molecule has 0 radical (unpaired) electrons. The zero-order valence-electron chi connectivity index (χ0n) is 10.1. The summed E-state index contributed by atoms with van der Waals surface area (Å²) in [7, 11) is -3.71. The van der Waals surface area contributed by atoms with Gasteiger partial charge in [-0.05, 0) is 25.1 Å². The van der Waals surface area contributed by atoms with Gasteiger partial charge in [-0.15, -0.1) is 0 Å². The van der Waals surface area contributed by atoms with Crippen LogP contribution in [-0.2, 0) is 16.6 Å². The predicted octanol–water partition coefficient (Wildman–Crippen LogP) is 0.749. The normalized spacial score (nSPS) is 11.6. The fourth-order valence-electron chi connectivity index (χ4n) is 1.45. The summed E-state index contributed by atoms with van der Waals surface area (Å²) >= 11 is 0. The Hall–Kier alpha value is -2.06. The highest BCUT2D eigenvalue weighted by atomic mass is 32.2. The van der Waals surface area contributed by atoms with E-state index < -0.39 is 10.0 Å². The van der Waals surface area contributed by atoms with Crippen LogP contribution in [-0.4, -0.2) is 18.7 Å². The number of hydrogen-bond acceptors (Lipinski definition) is 6. The van der Waals surface area contributed by atoms with Gasteiger partial charge in [0.2, 0.25) is 10.0 Å². The van der Waals surface area contributed by atoms with Gasteiger partial charge in [-0.3, -0.25) is 0 Å². The summed E-state index contributed by atoms with van der Waals surface area (Å²) in [5.41, 5.74) is 5.94. The van der Waals surface area contributed by atoms with Crippen molar-refractivity contribution in [2.75, 3.05) is 5.73 Å². The van der Waals surface area contributed by atoms with Crippen LogP contribution in [0.5, 0.6) is 5.75 Å². The van der Waals surface area contributed by atoms with E-state index in [1.54, 1.807) is 13.0 Å². The van der Waals surface area contributed by atoms with Crippen molar-refractivity contribution >= 4 is 15.7 Å². The third-order valence-corrected chi connectivity index (χ3v) is 3.83. The second-order valence-electron chi connectivity index (χ2n) is 3.97. The van der Waals surface area contributed by atoms with Gasteiger partial charge in [0.15, 0.2) is 0 Å². The molecular weight excluding hydrogens is 270 g/mol. The summed E-state index contributed by atoms with van der Waals surface area (Å²) in [5, 5.41) is 12.9. The first-order chi connectivity index (χ1) is 8.88. The fourth-order valence-corrected chi connectivity index (χ4v) is 2.49. The number of aromatic hydroxyl groups is 1. The number of hydrogen-bond donors (Lipinski definition) is 3. The van der Waals surface area contributed by atoms with Crippen molar-refractivity contribution in [3.63, 3.8) is 0 Å². The van der Waals surface area contributed by atoms with Crippen LogP contribution in [0.15, 0.2) is 33.7 Å². The van der Waals surface area contributed by atoms with E-state index in [1.807, 2.05) is 0 Å². The SMILES string of the molecule is Cc1cc(CNS(=O)(=O)c2ccc(O)c(N)c2)no1. The monoisotopic (exact) mass is 283 g/mol. The maximum Gasteiger partial charge on any atom is 0.241 e. The molecule has 1 heterocycles. The quantitative estimate of drug-likeness (QED) is 0.563. The highest BCUT2D eigenvalue weighted by Crippen LogP contribution is 2.23. The number of anilines is 1. The number of aryl methyl sites for hydroxylation is 1. The van der Waals surface area contributed by atoms with Crippen LogP contribution in [0.3, 0.4) is 0 Å². The molecule has 1 aromatic carbocycles. The number of benzene rings is 1. The molecule has 0 aliphatic rings. The zero-order valence-corrected chi connectivity index (χ0v) is 10.9. The third kappa shape index (κ3) is 3.04. The van der Waals surface area contributed by atoms with E-state index >= 15 is 0 Å². The van der Waals surface area contributed by atoms with Crippen molar-refractivity contribution in [2.24, 2.45) is 0 Å². The number of sulfonamides is 1. The summed E-state index contributed by atoms with van der Waals surface area (Å²) in [6.07, 6.45) is 0. The fraction of sp³-hybridized carbons (Fsp3) is 0.182. The molecule has 0 aliphatic carbocycles.